The van der Waals surface area contributed by atoms with Crippen LogP contribution in [0.15, 0.2) is 53.9 Å². The molecule has 2 aromatic rings. The summed E-state index contributed by atoms with van der Waals surface area (Å²) >= 11 is 0. The summed E-state index contributed by atoms with van der Waals surface area (Å²) in [4.78, 5) is 13.9. The Morgan fingerprint density at radius 1 is 1.21 bits per heavy atom. The molecule has 6 nitrogen and oxygen atoms in total. The second kappa shape index (κ2) is 8.05. The van der Waals surface area contributed by atoms with Crippen molar-refractivity contribution < 1.29 is 14.3 Å². The molecule has 28 heavy (non-hydrogen) atoms. The summed E-state index contributed by atoms with van der Waals surface area (Å²) in [6, 6.07) is 15.1. The Labute approximate surface area is 164 Å². The number of hydrogen-bond donors (Lipinski definition) is 1. The number of nitrogens with two attached hydrogens (primary N) is 1. The number of fused-ring (bicyclic) bond motifs is 1. The zero-order valence-electron chi connectivity index (χ0n) is 16.2. The van der Waals surface area contributed by atoms with E-state index in [-0.39, 0.29) is 11.8 Å². The molecule has 0 saturated heterocycles. The number of nitrogens with zero attached hydrogens (tertiary/aromatic N) is 2. The van der Waals surface area contributed by atoms with Crippen molar-refractivity contribution in [1.29, 1.82) is 5.26 Å². The minimum absolute atomic E-state index is 0.105. The summed E-state index contributed by atoms with van der Waals surface area (Å²) in [5, 5.41) is 9.67. The first-order valence-electron chi connectivity index (χ1n) is 9.18. The number of ether oxygens (including phenoxy) is 2. The zero-order chi connectivity index (χ0) is 20.3. The minimum atomic E-state index is -0.404. The van der Waals surface area contributed by atoms with Crippen LogP contribution in [0.2, 0.25) is 0 Å². The molecule has 1 atom stereocenters. The Bertz CT molecular complexity index is 954. The van der Waals surface area contributed by atoms with Crippen LogP contribution in [0, 0.1) is 11.3 Å². The quantitative estimate of drug-likeness (QED) is 0.802. The van der Waals surface area contributed by atoms with Gasteiger partial charge in [0.05, 0.1) is 18.6 Å². The van der Waals surface area contributed by atoms with Crippen LogP contribution in [0.25, 0.3) is 0 Å². The van der Waals surface area contributed by atoms with Gasteiger partial charge in [-0.15, -0.1) is 0 Å². The van der Waals surface area contributed by atoms with Gasteiger partial charge >= 0.3 is 5.97 Å². The van der Waals surface area contributed by atoms with E-state index in [1.165, 1.54) is 7.11 Å². The predicted molar refractivity (Wildman–Crippen MR) is 107 cm³/mol. The first-order valence-corrected chi connectivity index (χ1v) is 9.18. The van der Waals surface area contributed by atoms with E-state index in [0.717, 1.165) is 29.9 Å². The molecule has 0 saturated carbocycles. The van der Waals surface area contributed by atoms with Crippen molar-refractivity contribution in [2.75, 3.05) is 25.1 Å². The number of carbonyl (C=O) groups excluding carboxylic acids is 1. The molecule has 2 N–H and O–H groups in total. The monoisotopic (exact) mass is 377 g/mol. The lowest BCUT2D eigenvalue weighted by Crippen LogP contribution is -2.24. The number of carbonyl (C=O) groups is 1. The minimum Gasteiger partial charge on any atom is -0.465 e. The van der Waals surface area contributed by atoms with Gasteiger partial charge in [0.15, 0.2) is 0 Å². The Hall–Kier alpha value is -3.46. The van der Waals surface area contributed by atoms with Crippen molar-refractivity contribution in [3.63, 3.8) is 0 Å². The molecule has 0 amide bonds. The van der Waals surface area contributed by atoms with Crippen LogP contribution in [-0.2, 0) is 4.74 Å². The molecule has 2 aromatic carbocycles. The molecule has 1 aliphatic heterocycles. The number of rotatable bonds is 5. The Morgan fingerprint density at radius 2 is 1.89 bits per heavy atom. The van der Waals surface area contributed by atoms with E-state index in [0.29, 0.717) is 16.9 Å². The van der Waals surface area contributed by atoms with E-state index in [4.69, 9.17) is 15.2 Å². The first-order chi connectivity index (χ1) is 13.5. The molecule has 6 heteroatoms. The molecule has 0 bridgehead atoms. The molecule has 0 aromatic heterocycles. The number of esters is 1. The summed E-state index contributed by atoms with van der Waals surface area (Å²) in [5.41, 5.74) is 9.64. The summed E-state index contributed by atoms with van der Waals surface area (Å²) in [6.45, 7) is 5.94. The van der Waals surface area contributed by atoms with Crippen molar-refractivity contribution in [1.82, 2.24) is 0 Å². The molecule has 1 aliphatic rings. The third kappa shape index (κ3) is 3.39. The first kappa shape index (κ1) is 19.3. The second-order valence-corrected chi connectivity index (χ2v) is 6.43. The van der Waals surface area contributed by atoms with Gasteiger partial charge in [-0.25, -0.2) is 4.79 Å². The number of hydrogen-bond acceptors (Lipinski definition) is 6. The fourth-order valence-corrected chi connectivity index (χ4v) is 3.50. The van der Waals surface area contributed by atoms with E-state index in [1.54, 1.807) is 12.1 Å². The smallest absolute Gasteiger partial charge is 0.337 e. The third-order valence-electron chi connectivity index (χ3n) is 5.00. The van der Waals surface area contributed by atoms with E-state index in [9.17, 15) is 10.1 Å². The molecule has 0 fully saturated rings. The zero-order valence-corrected chi connectivity index (χ0v) is 16.2. The van der Waals surface area contributed by atoms with Gasteiger partial charge in [0.1, 0.15) is 17.4 Å². The largest absolute Gasteiger partial charge is 0.465 e. The molecule has 1 heterocycles. The highest BCUT2D eigenvalue weighted by Gasteiger charge is 2.31. The van der Waals surface area contributed by atoms with Crippen molar-refractivity contribution in [2.45, 2.75) is 19.8 Å². The number of methoxy groups -OCH3 is 1. The maximum absolute atomic E-state index is 11.7. The van der Waals surface area contributed by atoms with Gasteiger partial charge in [0.25, 0.3) is 0 Å². The highest BCUT2D eigenvalue weighted by Crippen LogP contribution is 2.43. The summed E-state index contributed by atoms with van der Waals surface area (Å²) in [7, 11) is 1.34. The predicted octanol–water partition coefficient (Wildman–Crippen LogP) is 3.54. The fraction of sp³-hybridized carbons (Fsp3) is 0.273. The van der Waals surface area contributed by atoms with E-state index in [2.05, 4.69) is 24.8 Å². The SMILES string of the molecule is CCN(CC)c1ccc2c(c1)OC(N)=C(C#N)C2c1ccc(C(=O)OC)cc1. The van der Waals surface area contributed by atoms with Crippen LogP contribution >= 0.6 is 0 Å². The molecule has 144 valence electrons. The number of allylic oxidation sites excluding steroid dienone is 1. The van der Waals surface area contributed by atoms with Crippen molar-refractivity contribution in [3.05, 3.63) is 70.6 Å². The normalized spacial score (nSPS) is 15.3. The lowest BCUT2D eigenvalue weighted by Gasteiger charge is -2.29. The Balaban J connectivity index is 2.08. The second-order valence-electron chi connectivity index (χ2n) is 6.43. The van der Waals surface area contributed by atoms with E-state index in [1.807, 2.05) is 30.3 Å². The Morgan fingerprint density at radius 3 is 2.46 bits per heavy atom. The van der Waals surface area contributed by atoms with Crippen LogP contribution < -0.4 is 15.4 Å². The topological polar surface area (TPSA) is 88.6 Å². The maximum atomic E-state index is 11.7. The highest BCUT2D eigenvalue weighted by molar-refractivity contribution is 5.89. The van der Waals surface area contributed by atoms with Gasteiger partial charge in [-0.2, -0.15) is 5.26 Å². The average molecular weight is 377 g/mol. The van der Waals surface area contributed by atoms with Crippen molar-refractivity contribution in [3.8, 4) is 11.8 Å². The van der Waals surface area contributed by atoms with E-state index >= 15 is 0 Å². The van der Waals surface area contributed by atoms with Crippen molar-refractivity contribution in [2.24, 2.45) is 5.73 Å². The van der Waals surface area contributed by atoms with Gasteiger partial charge in [0.2, 0.25) is 5.88 Å². The molecular formula is C22H23N3O3. The molecule has 1 unspecified atom stereocenters. The average Bonchev–Trinajstić information content (AvgIpc) is 2.73. The molecule has 0 spiro atoms. The van der Waals surface area contributed by atoms with Crippen molar-refractivity contribution >= 4 is 11.7 Å². The van der Waals surface area contributed by atoms with Gasteiger partial charge in [-0.3, -0.25) is 0 Å². The summed E-state index contributed by atoms with van der Waals surface area (Å²) < 4.78 is 10.5. The van der Waals surface area contributed by atoms with Gasteiger partial charge in [0, 0.05) is 30.4 Å². The number of anilines is 1. The van der Waals surface area contributed by atoms with Gasteiger partial charge in [-0.1, -0.05) is 18.2 Å². The summed E-state index contributed by atoms with van der Waals surface area (Å²) in [6.07, 6.45) is 0. The Kier molecular flexibility index (Phi) is 5.55. The fourth-order valence-electron chi connectivity index (χ4n) is 3.50. The maximum Gasteiger partial charge on any atom is 0.337 e. The third-order valence-corrected chi connectivity index (χ3v) is 5.00. The van der Waals surface area contributed by atoms with Crippen LogP contribution in [0.4, 0.5) is 5.69 Å². The molecule has 0 aliphatic carbocycles. The van der Waals surface area contributed by atoms with Crippen LogP contribution in [0.1, 0.15) is 41.3 Å². The molecule has 0 radical (unpaired) electrons. The number of benzene rings is 2. The van der Waals surface area contributed by atoms with Gasteiger partial charge in [-0.05, 0) is 37.6 Å². The van der Waals surface area contributed by atoms with Crippen LogP contribution in [0.5, 0.6) is 5.75 Å². The van der Waals surface area contributed by atoms with Gasteiger partial charge < -0.3 is 20.1 Å². The lowest BCUT2D eigenvalue weighted by atomic mass is 9.83. The lowest BCUT2D eigenvalue weighted by molar-refractivity contribution is 0.0600. The van der Waals surface area contributed by atoms with E-state index < -0.39 is 5.97 Å². The highest BCUT2D eigenvalue weighted by atomic mass is 16.5. The standard InChI is InChI=1S/C22H23N3O3/c1-4-25(5-2)16-10-11-17-19(12-16)28-21(24)18(13-23)20(17)14-6-8-15(9-7-14)22(26)27-3/h6-12,20H,4-5,24H2,1-3H3. The number of nitriles is 1. The molecule has 3 rings (SSSR count). The van der Waals surface area contributed by atoms with Crippen LogP contribution in [0.3, 0.4) is 0 Å². The summed E-state index contributed by atoms with van der Waals surface area (Å²) in [5.74, 6) is -0.0127. The van der Waals surface area contributed by atoms with Crippen LogP contribution in [-0.4, -0.2) is 26.2 Å². The molecular weight excluding hydrogens is 354 g/mol.